The number of hydrogen-bond acceptors (Lipinski definition) is 5. The third-order valence-corrected chi connectivity index (χ3v) is 4.52. The summed E-state index contributed by atoms with van der Waals surface area (Å²) >= 11 is 0. The third kappa shape index (κ3) is 5.51. The predicted octanol–water partition coefficient (Wildman–Crippen LogP) is 5.36. The number of halogens is 1. The maximum absolute atomic E-state index is 14.1. The molecule has 0 N–H and O–H groups in total. The van der Waals surface area contributed by atoms with Gasteiger partial charge >= 0.3 is 0 Å². The molecule has 162 valence electrons. The highest BCUT2D eigenvalue weighted by Crippen LogP contribution is 2.34. The fourth-order valence-corrected chi connectivity index (χ4v) is 2.99. The summed E-state index contributed by atoms with van der Waals surface area (Å²) in [6, 6.07) is 14.9. The number of hydrogen-bond donors (Lipinski definition) is 0. The molecular weight excluding hydrogens is 399 g/mol. The number of methoxy groups -OCH3 is 1. The van der Waals surface area contributed by atoms with Crippen molar-refractivity contribution in [2.45, 2.75) is 26.8 Å². The Morgan fingerprint density at radius 2 is 1.90 bits per heavy atom. The molecule has 0 saturated heterocycles. The monoisotopic (exact) mass is 424 g/mol. The second kappa shape index (κ2) is 10.4. The van der Waals surface area contributed by atoms with E-state index in [2.05, 4.69) is 4.98 Å². The Kier molecular flexibility index (Phi) is 7.43. The van der Waals surface area contributed by atoms with Crippen molar-refractivity contribution in [3.63, 3.8) is 0 Å². The van der Waals surface area contributed by atoms with Crippen molar-refractivity contribution in [2.75, 3.05) is 18.6 Å². The van der Waals surface area contributed by atoms with Crippen molar-refractivity contribution < 1.29 is 23.4 Å². The minimum Gasteiger partial charge on any atom is -0.497 e. The zero-order valence-corrected chi connectivity index (χ0v) is 17.8. The third-order valence-electron chi connectivity index (χ3n) is 4.52. The number of carbonyl (C=O) groups is 1. The fourth-order valence-electron chi connectivity index (χ4n) is 2.99. The summed E-state index contributed by atoms with van der Waals surface area (Å²) in [6.07, 6.45) is 2.38. The van der Waals surface area contributed by atoms with Crippen LogP contribution < -0.4 is 19.1 Å². The summed E-state index contributed by atoms with van der Waals surface area (Å²) in [5.74, 6) is 0.721. The van der Waals surface area contributed by atoms with Crippen molar-refractivity contribution in [1.82, 2.24) is 4.98 Å². The molecule has 31 heavy (non-hydrogen) atoms. The zero-order chi connectivity index (χ0) is 22.2. The summed E-state index contributed by atoms with van der Waals surface area (Å²) < 4.78 is 31.0. The number of benzene rings is 2. The summed E-state index contributed by atoms with van der Waals surface area (Å²) in [4.78, 5) is 18.3. The number of nitrogens with zero attached hydrogens (tertiary/aromatic N) is 2. The van der Waals surface area contributed by atoms with Crippen LogP contribution in [0, 0.1) is 5.82 Å². The van der Waals surface area contributed by atoms with Gasteiger partial charge in [-0.1, -0.05) is 19.1 Å². The van der Waals surface area contributed by atoms with Crippen LogP contribution in [0.25, 0.3) is 0 Å². The number of aromatic nitrogens is 1. The van der Waals surface area contributed by atoms with Gasteiger partial charge in [-0.3, -0.25) is 4.79 Å². The summed E-state index contributed by atoms with van der Waals surface area (Å²) in [5.41, 5.74) is 1.19. The molecule has 1 aromatic heterocycles. The van der Waals surface area contributed by atoms with E-state index in [1.165, 1.54) is 30.2 Å². The molecule has 3 aromatic rings. The Morgan fingerprint density at radius 3 is 2.61 bits per heavy atom. The van der Waals surface area contributed by atoms with E-state index in [4.69, 9.17) is 14.2 Å². The van der Waals surface area contributed by atoms with E-state index in [9.17, 15) is 9.18 Å². The van der Waals surface area contributed by atoms with Crippen molar-refractivity contribution in [3.8, 4) is 23.1 Å². The second-order valence-corrected chi connectivity index (χ2v) is 6.79. The maximum Gasteiger partial charge on any atom is 0.243 e. The zero-order valence-electron chi connectivity index (χ0n) is 17.8. The highest BCUT2D eigenvalue weighted by Gasteiger charge is 2.21. The van der Waals surface area contributed by atoms with Gasteiger partial charge in [-0.2, -0.15) is 0 Å². The van der Waals surface area contributed by atoms with Crippen LogP contribution in [0.3, 0.4) is 0 Å². The Hall–Kier alpha value is -3.61. The first-order valence-corrected chi connectivity index (χ1v) is 9.98. The lowest BCUT2D eigenvalue weighted by molar-refractivity contribution is -0.116. The first kappa shape index (κ1) is 22.1. The van der Waals surface area contributed by atoms with Crippen molar-refractivity contribution in [2.24, 2.45) is 0 Å². The highest BCUT2D eigenvalue weighted by molar-refractivity contribution is 5.92. The maximum atomic E-state index is 14.1. The fraction of sp³-hybridized carbons (Fsp3) is 0.250. The van der Waals surface area contributed by atoms with E-state index in [1.54, 1.807) is 31.4 Å². The lowest BCUT2D eigenvalue weighted by Crippen LogP contribution is -2.28. The molecule has 0 radical (unpaired) electrons. The van der Waals surface area contributed by atoms with Crippen LogP contribution in [-0.2, 0) is 11.3 Å². The van der Waals surface area contributed by atoms with Crippen LogP contribution in [0.4, 0.5) is 10.1 Å². The van der Waals surface area contributed by atoms with Crippen LogP contribution in [0.1, 0.15) is 25.8 Å². The van der Waals surface area contributed by atoms with E-state index in [1.807, 2.05) is 25.1 Å². The number of amides is 1. The molecule has 7 heteroatoms. The van der Waals surface area contributed by atoms with Crippen molar-refractivity contribution >= 4 is 11.6 Å². The lowest BCUT2D eigenvalue weighted by atomic mass is 10.1. The van der Waals surface area contributed by atoms with Gasteiger partial charge < -0.3 is 19.1 Å². The van der Waals surface area contributed by atoms with E-state index in [0.717, 1.165) is 12.0 Å². The van der Waals surface area contributed by atoms with Crippen LogP contribution in [-0.4, -0.2) is 24.6 Å². The van der Waals surface area contributed by atoms with Crippen LogP contribution >= 0.6 is 0 Å². The largest absolute Gasteiger partial charge is 0.497 e. The summed E-state index contributed by atoms with van der Waals surface area (Å²) in [7, 11) is 1.58. The average molecular weight is 424 g/mol. The Morgan fingerprint density at radius 1 is 1.10 bits per heavy atom. The van der Waals surface area contributed by atoms with Crippen LogP contribution in [0.15, 0.2) is 60.8 Å². The Labute approximate surface area is 181 Å². The minimum absolute atomic E-state index is 0.0271. The average Bonchev–Trinajstić information content (AvgIpc) is 2.78. The first-order chi connectivity index (χ1) is 15.0. The molecule has 0 atom stereocenters. The van der Waals surface area contributed by atoms with E-state index >= 15 is 0 Å². The Balaban J connectivity index is 1.97. The first-order valence-electron chi connectivity index (χ1n) is 9.98. The van der Waals surface area contributed by atoms with Gasteiger partial charge in [0.2, 0.25) is 11.8 Å². The quantitative estimate of drug-likeness (QED) is 0.463. The highest BCUT2D eigenvalue weighted by atomic mass is 19.1. The SMILES string of the molecule is CCCOc1ccc(OC)cc1CN(C(C)=O)c1cccnc1Oc1ccccc1F. The minimum atomic E-state index is -0.517. The van der Waals surface area contributed by atoms with E-state index in [-0.39, 0.29) is 24.1 Å². The molecule has 1 amide bonds. The molecule has 0 aliphatic rings. The molecule has 1 heterocycles. The molecule has 0 aliphatic heterocycles. The number of para-hydroxylation sites is 1. The number of ether oxygens (including phenoxy) is 3. The molecule has 0 fully saturated rings. The standard InChI is InChI=1S/C24H25FN2O4/c1-4-14-30-22-12-11-19(29-3)15-18(22)16-27(17(2)28)21-9-7-13-26-24(21)31-23-10-6-5-8-20(23)25/h5-13,15H,4,14,16H2,1-3H3. The molecule has 0 spiro atoms. The summed E-state index contributed by atoms with van der Waals surface area (Å²) in [6.45, 7) is 4.22. The van der Waals surface area contributed by atoms with Crippen LogP contribution in [0.2, 0.25) is 0 Å². The topological polar surface area (TPSA) is 60.9 Å². The molecular formula is C24H25FN2O4. The molecule has 0 saturated carbocycles. The lowest BCUT2D eigenvalue weighted by Gasteiger charge is -2.24. The van der Waals surface area contributed by atoms with Crippen molar-refractivity contribution in [3.05, 3.63) is 72.2 Å². The van der Waals surface area contributed by atoms with Gasteiger partial charge in [0.1, 0.15) is 17.2 Å². The van der Waals surface area contributed by atoms with Gasteiger partial charge in [0.15, 0.2) is 11.6 Å². The molecule has 2 aromatic carbocycles. The predicted molar refractivity (Wildman–Crippen MR) is 116 cm³/mol. The molecule has 3 rings (SSSR count). The van der Waals surface area contributed by atoms with E-state index < -0.39 is 5.82 Å². The van der Waals surface area contributed by atoms with Crippen molar-refractivity contribution in [1.29, 1.82) is 0 Å². The normalized spacial score (nSPS) is 10.5. The Bertz CT molecular complexity index is 1040. The molecule has 6 nitrogen and oxygen atoms in total. The number of carbonyl (C=O) groups excluding carboxylic acids is 1. The number of pyridine rings is 1. The van der Waals surface area contributed by atoms with Gasteiger partial charge in [-0.25, -0.2) is 9.37 Å². The molecule has 0 unspecified atom stereocenters. The molecule has 0 aliphatic carbocycles. The van der Waals surface area contributed by atoms with Crippen LogP contribution in [0.5, 0.6) is 23.1 Å². The number of rotatable bonds is 9. The molecule has 0 bridgehead atoms. The number of anilines is 1. The van der Waals surface area contributed by atoms with Gasteiger partial charge in [0.25, 0.3) is 0 Å². The van der Waals surface area contributed by atoms with Gasteiger partial charge in [-0.15, -0.1) is 0 Å². The van der Waals surface area contributed by atoms with Gasteiger partial charge in [0.05, 0.1) is 20.3 Å². The second-order valence-electron chi connectivity index (χ2n) is 6.79. The van der Waals surface area contributed by atoms with E-state index in [0.29, 0.717) is 23.8 Å². The van der Waals surface area contributed by atoms with Gasteiger partial charge in [-0.05, 0) is 48.9 Å². The summed E-state index contributed by atoms with van der Waals surface area (Å²) in [5, 5.41) is 0. The van der Waals surface area contributed by atoms with Gasteiger partial charge in [0, 0.05) is 18.7 Å². The smallest absolute Gasteiger partial charge is 0.243 e.